The van der Waals surface area contributed by atoms with Crippen LogP contribution in [-0.2, 0) is 6.54 Å². The number of aromatic nitrogens is 3. The predicted molar refractivity (Wildman–Crippen MR) is 116 cm³/mol. The number of piperidine rings is 1. The van der Waals surface area contributed by atoms with E-state index in [1.54, 1.807) is 23.4 Å². The van der Waals surface area contributed by atoms with Crippen LogP contribution in [0.5, 0.6) is 0 Å². The largest absolute Gasteiger partial charge is 0.350 e. The van der Waals surface area contributed by atoms with Crippen molar-refractivity contribution in [2.45, 2.75) is 32.2 Å². The predicted octanol–water partition coefficient (Wildman–Crippen LogP) is 3.97. The standard InChI is InChI=1S/C22H24N6O3/c1-2-26-15-23-25-21(26)16-10-12-27(13-11-16)22(29)17-8-9-19(20(14-17)28(30)31)24-18-6-4-3-5-7-18/h3-9,14-16,24H,2,10-13H2,1H3. The van der Waals surface area contributed by atoms with Crippen LogP contribution in [0.15, 0.2) is 54.9 Å². The van der Waals surface area contributed by atoms with Gasteiger partial charge in [-0.05, 0) is 44.0 Å². The van der Waals surface area contributed by atoms with Gasteiger partial charge in [-0.1, -0.05) is 18.2 Å². The van der Waals surface area contributed by atoms with Crippen LogP contribution in [0.25, 0.3) is 0 Å². The number of nitrogens with zero attached hydrogens (tertiary/aromatic N) is 5. The van der Waals surface area contributed by atoms with Crippen LogP contribution in [0.3, 0.4) is 0 Å². The maximum Gasteiger partial charge on any atom is 0.293 e. The topological polar surface area (TPSA) is 106 Å². The number of amides is 1. The van der Waals surface area contributed by atoms with Gasteiger partial charge in [-0.15, -0.1) is 10.2 Å². The Morgan fingerprint density at radius 3 is 2.61 bits per heavy atom. The molecular weight excluding hydrogens is 396 g/mol. The van der Waals surface area contributed by atoms with Crippen molar-refractivity contribution in [2.24, 2.45) is 0 Å². The smallest absolute Gasteiger partial charge is 0.293 e. The first-order chi connectivity index (χ1) is 15.1. The summed E-state index contributed by atoms with van der Waals surface area (Å²) in [6, 6.07) is 13.8. The quantitative estimate of drug-likeness (QED) is 0.478. The number of anilines is 2. The average Bonchev–Trinajstić information content (AvgIpc) is 3.28. The molecule has 1 aliphatic heterocycles. The molecule has 3 aromatic rings. The molecule has 0 atom stereocenters. The molecule has 0 radical (unpaired) electrons. The lowest BCUT2D eigenvalue weighted by Gasteiger charge is -2.31. The second-order valence-electron chi connectivity index (χ2n) is 7.52. The zero-order valence-electron chi connectivity index (χ0n) is 17.3. The SMILES string of the molecule is CCn1cnnc1C1CCN(C(=O)c2ccc(Nc3ccccc3)c([N+](=O)[O-])c2)CC1. The van der Waals surface area contributed by atoms with Gasteiger partial charge >= 0.3 is 0 Å². The van der Waals surface area contributed by atoms with Crippen LogP contribution in [0.2, 0.25) is 0 Å². The fourth-order valence-electron chi connectivity index (χ4n) is 3.95. The summed E-state index contributed by atoms with van der Waals surface area (Å²) >= 11 is 0. The molecule has 2 heterocycles. The number of likely N-dealkylation sites (tertiary alicyclic amines) is 1. The Kier molecular flexibility index (Phi) is 5.92. The van der Waals surface area contributed by atoms with Crippen LogP contribution < -0.4 is 5.32 Å². The van der Waals surface area contributed by atoms with Crippen molar-refractivity contribution < 1.29 is 9.72 Å². The van der Waals surface area contributed by atoms with E-state index in [0.717, 1.165) is 30.9 Å². The molecule has 9 nitrogen and oxygen atoms in total. The molecule has 1 fully saturated rings. The number of aryl methyl sites for hydroxylation is 1. The summed E-state index contributed by atoms with van der Waals surface area (Å²) in [6.07, 6.45) is 3.32. The van der Waals surface area contributed by atoms with E-state index < -0.39 is 4.92 Å². The lowest BCUT2D eigenvalue weighted by atomic mass is 9.95. The van der Waals surface area contributed by atoms with Crippen molar-refractivity contribution in [3.8, 4) is 0 Å². The van der Waals surface area contributed by atoms with Crippen LogP contribution >= 0.6 is 0 Å². The monoisotopic (exact) mass is 420 g/mol. The molecule has 1 aliphatic rings. The molecular formula is C22H24N6O3. The summed E-state index contributed by atoms with van der Waals surface area (Å²) in [5.41, 5.74) is 1.29. The van der Waals surface area contributed by atoms with E-state index in [1.807, 2.05) is 34.9 Å². The first kappa shape index (κ1) is 20.5. The lowest BCUT2D eigenvalue weighted by molar-refractivity contribution is -0.383. The minimum atomic E-state index is -0.466. The molecule has 160 valence electrons. The summed E-state index contributed by atoms with van der Waals surface area (Å²) in [5.74, 6) is 1.03. The van der Waals surface area contributed by atoms with Gasteiger partial charge in [0.1, 0.15) is 17.8 Å². The van der Waals surface area contributed by atoms with E-state index in [-0.39, 0.29) is 17.5 Å². The summed E-state index contributed by atoms with van der Waals surface area (Å²) < 4.78 is 2.03. The van der Waals surface area contributed by atoms with Crippen molar-refractivity contribution in [3.05, 3.63) is 76.4 Å². The molecule has 0 unspecified atom stereocenters. The van der Waals surface area contributed by atoms with Gasteiger partial charge in [0, 0.05) is 42.9 Å². The van der Waals surface area contributed by atoms with E-state index in [9.17, 15) is 14.9 Å². The fraction of sp³-hybridized carbons (Fsp3) is 0.318. The number of nitro benzene ring substituents is 1. The highest BCUT2D eigenvalue weighted by Gasteiger charge is 2.28. The fourth-order valence-corrected chi connectivity index (χ4v) is 3.95. The number of para-hydroxylation sites is 1. The van der Waals surface area contributed by atoms with Crippen molar-refractivity contribution in [1.29, 1.82) is 0 Å². The molecule has 2 aromatic carbocycles. The number of carbonyl (C=O) groups excluding carboxylic acids is 1. The molecule has 0 bridgehead atoms. The highest BCUT2D eigenvalue weighted by Crippen LogP contribution is 2.31. The van der Waals surface area contributed by atoms with Crippen molar-refractivity contribution in [3.63, 3.8) is 0 Å². The van der Waals surface area contributed by atoms with Crippen LogP contribution in [-0.4, -0.2) is 43.6 Å². The first-order valence-electron chi connectivity index (χ1n) is 10.3. The highest BCUT2D eigenvalue weighted by molar-refractivity contribution is 5.96. The van der Waals surface area contributed by atoms with Gasteiger partial charge in [-0.3, -0.25) is 14.9 Å². The molecule has 0 saturated carbocycles. The number of hydrogen-bond donors (Lipinski definition) is 1. The Morgan fingerprint density at radius 2 is 1.94 bits per heavy atom. The lowest BCUT2D eigenvalue weighted by Crippen LogP contribution is -2.38. The van der Waals surface area contributed by atoms with E-state index >= 15 is 0 Å². The number of benzene rings is 2. The Bertz CT molecular complexity index is 1070. The summed E-state index contributed by atoms with van der Waals surface area (Å²) in [7, 11) is 0. The molecule has 31 heavy (non-hydrogen) atoms. The van der Waals surface area contributed by atoms with E-state index in [2.05, 4.69) is 22.4 Å². The maximum absolute atomic E-state index is 13.0. The molecule has 1 amide bonds. The number of nitrogens with one attached hydrogen (secondary N) is 1. The van der Waals surface area contributed by atoms with Crippen LogP contribution in [0.4, 0.5) is 17.1 Å². The Morgan fingerprint density at radius 1 is 1.19 bits per heavy atom. The van der Waals surface area contributed by atoms with Gasteiger partial charge in [0.2, 0.25) is 0 Å². The molecule has 1 aromatic heterocycles. The number of hydrogen-bond acceptors (Lipinski definition) is 6. The number of rotatable bonds is 6. The normalized spacial score (nSPS) is 14.4. The van der Waals surface area contributed by atoms with Crippen LogP contribution in [0.1, 0.15) is 41.9 Å². The maximum atomic E-state index is 13.0. The number of carbonyl (C=O) groups is 1. The summed E-state index contributed by atoms with van der Waals surface area (Å²) in [5, 5.41) is 22.9. The average molecular weight is 420 g/mol. The third-order valence-electron chi connectivity index (χ3n) is 5.63. The van der Waals surface area contributed by atoms with E-state index in [4.69, 9.17) is 0 Å². The van der Waals surface area contributed by atoms with Gasteiger partial charge < -0.3 is 14.8 Å². The Labute approximate surface area is 179 Å². The second-order valence-corrected chi connectivity index (χ2v) is 7.52. The van der Waals surface area contributed by atoms with Gasteiger partial charge in [0.15, 0.2) is 0 Å². The Hall–Kier alpha value is -3.75. The minimum Gasteiger partial charge on any atom is -0.350 e. The Balaban J connectivity index is 1.47. The minimum absolute atomic E-state index is 0.124. The van der Waals surface area contributed by atoms with Gasteiger partial charge in [-0.25, -0.2) is 0 Å². The molecule has 0 spiro atoms. The van der Waals surface area contributed by atoms with E-state index in [0.29, 0.717) is 24.3 Å². The molecule has 0 aliphatic carbocycles. The van der Waals surface area contributed by atoms with Crippen molar-refractivity contribution in [1.82, 2.24) is 19.7 Å². The molecule has 4 rings (SSSR count). The van der Waals surface area contributed by atoms with Crippen LogP contribution in [0, 0.1) is 10.1 Å². The van der Waals surface area contributed by atoms with Gasteiger partial charge in [0.05, 0.1) is 4.92 Å². The molecule has 1 saturated heterocycles. The van der Waals surface area contributed by atoms with Gasteiger partial charge in [0.25, 0.3) is 11.6 Å². The zero-order chi connectivity index (χ0) is 21.8. The first-order valence-corrected chi connectivity index (χ1v) is 10.3. The third kappa shape index (κ3) is 4.40. The van der Waals surface area contributed by atoms with Gasteiger partial charge in [-0.2, -0.15) is 0 Å². The van der Waals surface area contributed by atoms with Crippen molar-refractivity contribution >= 4 is 23.0 Å². The zero-order valence-corrected chi connectivity index (χ0v) is 17.3. The third-order valence-corrected chi connectivity index (χ3v) is 5.63. The molecule has 9 heteroatoms. The molecule has 1 N–H and O–H groups in total. The number of nitro groups is 1. The highest BCUT2D eigenvalue weighted by atomic mass is 16.6. The van der Waals surface area contributed by atoms with E-state index in [1.165, 1.54) is 6.07 Å². The summed E-state index contributed by atoms with van der Waals surface area (Å²) in [6.45, 7) is 4.03. The van der Waals surface area contributed by atoms with Crippen molar-refractivity contribution in [2.75, 3.05) is 18.4 Å². The summed E-state index contributed by atoms with van der Waals surface area (Å²) in [4.78, 5) is 25.9. The second kappa shape index (κ2) is 8.95.